The molecule has 2 aromatic rings. The van der Waals surface area contributed by atoms with Crippen molar-refractivity contribution >= 4 is 21.6 Å². The van der Waals surface area contributed by atoms with Gasteiger partial charge in [0.05, 0.1) is 23.1 Å². The van der Waals surface area contributed by atoms with Crippen LogP contribution in [0, 0.1) is 11.3 Å². The number of hydrogen-bond donors (Lipinski definition) is 0. The Hall–Kier alpha value is -1.81. The van der Waals surface area contributed by atoms with Crippen LogP contribution >= 0.6 is 11.6 Å². The van der Waals surface area contributed by atoms with Gasteiger partial charge in [0.2, 0.25) is 10.0 Å². The van der Waals surface area contributed by atoms with Crippen LogP contribution in [0.2, 0.25) is 5.02 Å². The van der Waals surface area contributed by atoms with E-state index in [-0.39, 0.29) is 28.6 Å². The summed E-state index contributed by atoms with van der Waals surface area (Å²) < 4.78 is 31.6. The summed E-state index contributed by atoms with van der Waals surface area (Å²) in [6.45, 7) is 2.17. The zero-order chi connectivity index (χ0) is 15.5. The molecule has 0 radical (unpaired) electrons. The summed E-state index contributed by atoms with van der Waals surface area (Å²) in [5.74, 6) is 0. The number of nitrogens with zero attached hydrogens (tertiary/aromatic N) is 2. The van der Waals surface area contributed by atoms with Crippen LogP contribution in [0.15, 0.2) is 46.1 Å². The van der Waals surface area contributed by atoms with Gasteiger partial charge in [-0.2, -0.15) is 9.57 Å². The smallest absolute Gasteiger partial charge is 0.244 e. The maximum atomic E-state index is 12.7. The van der Waals surface area contributed by atoms with Crippen molar-refractivity contribution in [3.63, 3.8) is 0 Å². The van der Waals surface area contributed by atoms with E-state index in [2.05, 4.69) is 0 Å². The molecular formula is C14H13ClN2O3S. The van der Waals surface area contributed by atoms with Crippen LogP contribution in [-0.2, 0) is 16.6 Å². The number of hydrogen-bond acceptors (Lipinski definition) is 4. The van der Waals surface area contributed by atoms with Crippen molar-refractivity contribution in [3.8, 4) is 6.07 Å². The highest BCUT2D eigenvalue weighted by atomic mass is 35.5. The van der Waals surface area contributed by atoms with E-state index in [1.54, 1.807) is 13.0 Å². The van der Waals surface area contributed by atoms with E-state index in [9.17, 15) is 8.42 Å². The highest BCUT2D eigenvalue weighted by Gasteiger charge is 2.27. The molecule has 1 heterocycles. The third-order valence-corrected chi connectivity index (χ3v) is 5.27. The van der Waals surface area contributed by atoms with Gasteiger partial charge in [-0.15, -0.1) is 0 Å². The van der Waals surface area contributed by atoms with Crippen LogP contribution in [0.4, 0.5) is 0 Å². The molecule has 7 heteroatoms. The minimum Gasteiger partial charge on any atom is -0.472 e. The van der Waals surface area contributed by atoms with Crippen molar-refractivity contribution in [1.82, 2.24) is 4.31 Å². The average molecular weight is 325 g/mol. The van der Waals surface area contributed by atoms with Gasteiger partial charge in [-0.25, -0.2) is 8.42 Å². The lowest BCUT2D eigenvalue weighted by atomic mass is 10.2. The molecule has 0 saturated heterocycles. The molecule has 0 aliphatic heterocycles. The lowest BCUT2D eigenvalue weighted by Crippen LogP contribution is -2.30. The SMILES string of the molecule is CCN(Cc1ccoc1)S(=O)(=O)c1cccc(Cl)c1C#N. The standard InChI is InChI=1S/C14H13ClN2O3S/c1-2-17(9-11-6-7-20-10-11)21(18,19)14-5-3-4-13(15)12(14)8-16/h3-7,10H,2,9H2,1H3. The van der Waals surface area contributed by atoms with E-state index in [4.69, 9.17) is 21.3 Å². The van der Waals surface area contributed by atoms with Gasteiger partial charge in [0.25, 0.3) is 0 Å². The van der Waals surface area contributed by atoms with Gasteiger partial charge in [0, 0.05) is 18.7 Å². The molecule has 5 nitrogen and oxygen atoms in total. The first-order valence-corrected chi connectivity index (χ1v) is 8.02. The van der Waals surface area contributed by atoms with Gasteiger partial charge < -0.3 is 4.42 Å². The summed E-state index contributed by atoms with van der Waals surface area (Å²) >= 11 is 5.91. The Morgan fingerprint density at radius 2 is 2.14 bits per heavy atom. The first-order valence-electron chi connectivity index (χ1n) is 6.20. The monoisotopic (exact) mass is 324 g/mol. The Bertz CT molecular complexity index is 764. The second-order valence-corrected chi connectivity index (χ2v) is 6.60. The first-order chi connectivity index (χ1) is 10.0. The van der Waals surface area contributed by atoms with Gasteiger partial charge in [-0.1, -0.05) is 24.6 Å². The second-order valence-electron chi connectivity index (χ2n) is 4.29. The molecule has 110 valence electrons. The number of halogens is 1. The highest BCUT2D eigenvalue weighted by molar-refractivity contribution is 7.89. The van der Waals surface area contributed by atoms with E-state index in [0.717, 1.165) is 5.56 Å². The fraction of sp³-hybridized carbons (Fsp3) is 0.214. The zero-order valence-corrected chi connectivity index (χ0v) is 12.9. The van der Waals surface area contributed by atoms with Crippen molar-refractivity contribution in [3.05, 3.63) is 52.9 Å². The van der Waals surface area contributed by atoms with Gasteiger partial charge in [-0.3, -0.25) is 0 Å². The molecule has 0 N–H and O–H groups in total. The van der Waals surface area contributed by atoms with E-state index in [1.807, 2.05) is 6.07 Å². The normalized spacial score (nSPS) is 11.5. The molecule has 0 fully saturated rings. The molecule has 0 aliphatic rings. The number of sulfonamides is 1. The fourth-order valence-electron chi connectivity index (χ4n) is 1.92. The van der Waals surface area contributed by atoms with Crippen molar-refractivity contribution in [2.24, 2.45) is 0 Å². The van der Waals surface area contributed by atoms with Crippen LogP contribution in [0.5, 0.6) is 0 Å². The molecule has 21 heavy (non-hydrogen) atoms. The maximum Gasteiger partial charge on any atom is 0.244 e. The maximum absolute atomic E-state index is 12.7. The van der Waals surface area contributed by atoms with Crippen molar-refractivity contribution in [2.75, 3.05) is 6.54 Å². The van der Waals surface area contributed by atoms with Gasteiger partial charge in [0.1, 0.15) is 11.0 Å². The number of nitriles is 1. The lowest BCUT2D eigenvalue weighted by molar-refractivity contribution is 0.421. The lowest BCUT2D eigenvalue weighted by Gasteiger charge is -2.20. The Morgan fingerprint density at radius 3 is 2.71 bits per heavy atom. The fourth-order valence-corrected chi connectivity index (χ4v) is 3.79. The molecule has 0 unspecified atom stereocenters. The third-order valence-electron chi connectivity index (χ3n) is 3.00. The molecule has 1 aromatic carbocycles. The number of benzene rings is 1. The molecule has 0 saturated carbocycles. The summed E-state index contributed by atoms with van der Waals surface area (Å²) in [6.07, 6.45) is 2.97. The quantitative estimate of drug-likeness (QED) is 0.847. The van der Waals surface area contributed by atoms with Crippen molar-refractivity contribution in [2.45, 2.75) is 18.4 Å². The van der Waals surface area contributed by atoms with Crippen LogP contribution < -0.4 is 0 Å². The summed E-state index contributed by atoms with van der Waals surface area (Å²) in [5, 5.41) is 9.26. The number of rotatable bonds is 5. The summed E-state index contributed by atoms with van der Waals surface area (Å²) in [6, 6.07) is 7.94. The Morgan fingerprint density at radius 1 is 1.38 bits per heavy atom. The van der Waals surface area contributed by atoms with Crippen molar-refractivity contribution in [1.29, 1.82) is 5.26 Å². The molecule has 0 bridgehead atoms. The van der Waals surface area contributed by atoms with Gasteiger partial charge in [0.15, 0.2) is 0 Å². The molecule has 1 aromatic heterocycles. The first kappa shape index (κ1) is 15.6. The van der Waals surface area contributed by atoms with E-state index in [0.29, 0.717) is 0 Å². The molecule has 0 aliphatic carbocycles. The van der Waals surface area contributed by atoms with E-state index in [1.165, 1.54) is 35.0 Å². The molecular weight excluding hydrogens is 312 g/mol. The average Bonchev–Trinajstić information content (AvgIpc) is 2.97. The van der Waals surface area contributed by atoms with Gasteiger partial charge in [-0.05, 0) is 18.2 Å². The van der Waals surface area contributed by atoms with Crippen LogP contribution in [0.3, 0.4) is 0 Å². The largest absolute Gasteiger partial charge is 0.472 e. The molecule has 0 spiro atoms. The molecule has 0 atom stereocenters. The second kappa shape index (κ2) is 6.31. The summed E-state index contributed by atoms with van der Waals surface area (Å²) in [4.78, 5) is -0.0807. The molecule has 2 rings (SSSR count). The zero-order valence-electron chi connectivity index (χ0n) is 11.3. The molecule has 0 amide bonds. The van der Waals surface area contributed by atoms with E-state index < -0.39 is 10.0 Å². The number of furan rings is 1. The third kappa shape index (κ3) is 3.10. The minimum atomic E-state index is -3.81. The predicted molar refractivity (Wildman–Crippen MR) is 78.1 cm³/mol. The van der Waals surface area contributed by atoms with Gasteiger partial charge >= 0.3 is 0 Å². The predicted octanol–water partition coefficient (Wildman–Crippen LogP) is 3.02. The van der Waals surface area contributed by atoms with Crippen LogP contribution in [0.1, 0.15) is 18.1 Å². The Balaban J connectivity index is 2.45. The minimum absolute atomic E-state index is 0.0372. The van der Waals surface area contributed by atoms with Crippen molar-refractivity contribution < 1.29 is 12.8 Å². The van der Waals surface area contributed by atoms with E-state index >= 15 is 0 Å². The Kier molecular flexibility index (Phi) is 4.68. The topological polar surface area (TPSA) is 74.3 Å². The summed E-state index contributed by atoms with van der Waals surface area (Å²) in [7, 11) is -3.81. The highest BCUT2D eigenvalue weighted by Crippen LogP contribution is 2.26. The summed E-state index contributed by atoms with van der Waals surface area (Å²) in [5.41, 5.74) is 0.700. The Labute approximate surface area is 128 Å². The van der Waals surface area contributed by atoms with Crippen LogP contribution in [0.25, 0.3) is 0 Å². The van der Waals surface area contributed by atoms with Crippen LogP contribution in [-0.4, -0.2) is 19.3 Å².